The number of fused-ring (bicyclic) bond motifs is 1. The van der Waals surface area contributed by atoms with Gasteiger partial charge in [-0.1, -0.05) is 0 Å². The van der Waals surface area contributed by atoms with Crippen LogP contribution < -0.4 is 4.90 Å². The SMILES string of the molecule is CC(=O)N1CCC(=O)c2cnc(C)nc21. The number of carbonyl (C=O) groups is 2. The molecular weight excluding hydrogens is 194 g/mol. The number of hydrogen-bond donors (Lipinski definition) is 0. The van der Waals surface area contributed by atoms with Crippen molar-refractivity contribution in [2.45, 2.75) is 20.3 Å². The fourth-order valence-corrected chi connectivity index (χ4v) is 1.62. The smallest absolute Gasteiger partial charge is 0.225 e. The van der Waals surface area contributed by atoms with Crippen molar-refractivity contribution in [2.24, 2.45) is 0 Å². The van der Waals surface area contributed by atoms with Crippen LogP contribution in [0.1, 0.15) is 29.5 Å². The van der Waals surface area contributed by atoms with Gasteiger partial charge < -0.3 is 0 Å². The summed E-state index contributed by atoms with van der Waals surface area (Å²) in [6, 6.07) is 0. The highest BCUT2D eigenvalue weighted by Gasteiger charge is 2.27. The highest BCUT2D eigenvalue weighted by molar-refractivity contribution is 6.07. The lowest BCUT2D eigenvalue weighted by Crippen LogP contribution is -2.36. The molecule has 5 heteroatoms. The Morgan fingerprint density at radius 1 is 1.53 bits per heavy atom. The van der Waals surface area contributed by atoms with E-state index in [0.29, 0.717) is 30.2 Å². The van der Waals surface area contributed by atoms with Crippen LogP contribution in [0.4, 0.5) is 5.82 Å². The fourth-order valence-electron chi connectivity index (χ4n) is 1.62. The predicted octanol–water partition coefficient (Wildman–Crippen LogP) is 0.724. The summed E-state index contributed by atoms with van der Waals surface area (Å²) in [5, 5.41) is 0. The standard InChI is InChI=1S/C10H11N3O2/c1-6-11-5-8-9(15)3-4-13(7(2)14)10(8)12-6/h5H,3-4H2,1-2H3. The summed E-state index contributed by atoms with van der Waals surface area (Å²) in [5.74, 6) is 0.922. The van der Waals surface area contributed by atoms with Gasteiger partial charge in [-0.15, -0.1) is 0 Å². The third-order valence-corrected chi connectivity index (χ3v) is 2.39. The van der Waals surface area contributed by atoms with E-state index in [2.05, 4.69) is 9.97 Å². The molecule has 0 radical (unpaired) electrons. The summed E-state index contributed by atoms with van der Waals surface area (Å²) in [7, 11) is 0. The topological polar surface area (TPSA) is 63.2 Å². The number of amides is 1. The summed E-state index contributed by atoms with van der Waals surface area (Å²) in [6.45, 7) is 3.62. The average Bonchev–Trinajstić information content (AvgIpc) is 2.17. The monoisotopic (exact) mass is 205 g/mol. The highest BCUT2D eigenvalue weighted by Crippen LogP contribution is 2.24. The zero-order valence-corrected chi connectivity index (χ0v) is 8.65. The molecule has 0 aliphatic carbocycles. The van der Waals surface area contributed by atoms with Crippen LogP contribution in [0, 0.1) is 6.92 Å². The number of hydrogen-bond acceptors (Lipinski definition) is 4. The molecule has 78 valence electrons. The van der Waals surface area contributed by atoms with Crippen LogP contribution in [-0.2, 0) is 4.79 Å². The molecule has 1 aliphatic rings. The van der Waals surface area contributed by atoms with Crippen LogP contribution in [0.25, 0.3) is 0 Å². The molecule has 0 saturated heterocycles. The van der Waals surface area contributed by atoms with Crippen molar-refractivity contribution in [2.75, 3.05) is 11.4 Å². The minimum absolute atomic E-state index is 0.00231. The van der Waals surface area contributed by atoms with E-state index in [0.717, 1.165) is 0 Å². The molecular formula is C10H11N3O2. The number of rotatable bonds is 0. The summed E-state index contributed by atoms with van der Waals surface area (Å²) in [5.41, 5.74) is 0.446. The molecule has 1 aromatic rings. The van der Waals surface area contributed by atoms with Crippen LogP contribution in [0.15, 0.2) is 6.20 Å². The first-order chi connectivity index (χ1) is 7.09. The van der Waals surface area contributed by atoms with E-state index in [-0.39, 0.29) is 11.7 Å². The molecule has 2 heterocycles. The van der Waals surface area contributed by atoms with Crippen molar-refractivity contribution in [3.8, 4) is 0 Å². The number of aromatic nitrogens is 2. The van der Waals surface area contributed by atoms with E-state index >= 15 is 0 Å². The molecule has 1 aliphatic heterocycles. The number of anilines is 1. The fraction of sp³-hybridized carbons (Fsp3) is 0.400. The van der Waals surface area contributed by atoms with Gasteiger partial charge in [0.1, 0.15) is 11.6 Å². The zero-order valence-electron chi connectivity index (χ0n) is 8.65. The molecule has 0 N–H and O–H groups in total. The molecule has 5 nitrogen and oxygen atoms in total. The van der Waals surface area contributed by atoms with Gasteiger partial charge in [-0.05, 0) is 6.92 Å². The molecule has 0 unspecified atom stereocenters. The Bertz CT molecular complexity index is 442. The van der Waals surface area contributed by atoms with Crippen molar-refractivity contribution in [1.82, 2.24) is 9.97 Å². The zero-order chi connectivity index (χ0) is 11.0. The average molecular weight is 205 g/mol. The number of aryl methyl sites for hydroxylation is 1. The van der Waals surface area contributed by atoms with Gasteiger partial charge in [-0.25, -0.2) is 9.97 Å². The maximum atomic E-state index is 11.5. The van der Waals surface area contributed by atoms with Gasteiger partial charge in [-0.3, -0.25) is 14.5 Å². The van der Waals surface area contributed by atoms with E-state index in [9.17, 15) is 9.59 Å². The lowest BCUT2D eigenvalue weighted by atomic mass is 10.1. The minimum atomic E-state index is -0.0955. The third kappa shape index (κ3) is 1.60. The molecule has 2 rings (SSSR count). The van der Waals surface area contributed by atoms with Crippen molar-refractivity contribution in [3.63, 3.8) is 0 Å². The van der Waals surface area contributed by atoms with E-state index in [4.69, 9.17) is 0 Å². The first-order valence-corrected chi connectivity index (χ1v) is 4.74. The molecule has 0 atom stereocenters. The highest BCUT2D eigenvalue weighted by atomic mass is 16.2. The maximum Gasteiger partial charge on any atom is 0.225 e. The van der Waals surface area contributed by atoms with Crippen molar-refractivity contribution < 1.29 is 9.59 Å². The second kappa shape index (κ2) is 3.42. The number of Topliss-reactive ketones (excluding diaryl/α,β-unsaturated/α-hetero) is 1. The molecule has 1 aromatic heterocycles. The number of nitrogens with zero attached hydrogens (tertiary/aromatic N) is 3. The first kappa shape index (κ1) is 9.76. The summed E-state index contributed by atoms with van der Waals surface area (Å²) >= 11 is 0. The Morgan fingerprint density at radius 2 is 2.27 bits per heavy atom. The Labute approximate surface area is 87.1 Å². The van der Waals surface area contributed by atoms with Crippen molar-refractivity contribution in [3.05, 3.63) is 17.6 Å². The Balaban J connectivity index is 2.56. The van der Waals surface area contributed by atoms with Gasteiger partial charge in [0.15, 0.2) is 5.78 Å². The van der Waals surface area contributed by atoms with Crippen molar-refractivity contribution >= 4 is 17.5 Å². The van der Waals surface area contributed by atoms with E-state index in [1.807, 2.05) is 0 Å². The van der Waals surface area contributed by atoms with Crippen LogP contribution >= 0.6 is 0 Å². The summed E-state index contributed by atoms with van der Waals surface area (Å²) in [6.07, 6.45) is 1.84. The quantitative estimate of drug-likeness (QED) is 0.626. The van der Waals surface area contributed by atoms with Gasteiger partial charge in [0.2, 0.25) is 5.91 Å². The molecule has 0 bridgehead atoms. The van der Waals surface area contributed by atoms with Crippen LogP contribution in [0.3, 0.4) is 0 Å². The lowest BCUT2D eigenvalue weighted by molar-refractivity contribution is -0.116. The normalized spacial score (nSPS) is 15.1. The largest absolute Gasteiger partial charge is 0.296 e. The Kier molecular flexibility index (Phi) is 2.22. The second-order valence-electron chi connectivity index (χ2n) is 3.50. The Hall–Kier alpha value is -1.78. The number of ketones is 1. The van der Waals surface area contributed by atoms with Gasteiger partial charge in [0.25, 0.3) is 0 Å². The van der Waals surface area contributed by atoms with E-state index in [1.165, 1.54) is 18.0 Å². The van der Waals surface area contributed by atoms with Gasteiger partial charge in [-0.2, -0.15) is 0 Å². The van der Waals surface area contributed by atoms with Crippen LogP contribution in [0.2, 0.25) is 0 Å². The molecule has 0 fully saturated rings. The predicted molar refractivity (Wildman–Crippen MR) is 53.7 cm³/mol. The van der Waals surface area contributed by atoms with Crippen LogP contribution in [0.5, 0.6) is 0 Å². The summed E-state index contributed by atoms with van der Waals surface area (Å²) in [4.78, 5) is 32.5. The van der Waals surface area contributed by atoms with Crippen molar-refractivity contribution in [1.29, 1.82) is 0 Å². The number of carbonyl (C=O) groups excluding carboxylic acids is 2. The maximum absolute atomic E-state index is 11.5. The minimum Gasteiger partial charge on any atom is -0.296 e. The molecule has 1 amide bonds. The summed E-state index contributed by atoms with van der Waals surface area (Å²) < 4.78 is 0. The molecule has 15 heavy (non-hydrogen) atoms. The molecule has 0 aromatic carbocycles. The second-order valence-corrected chi connectivity index (χ2v) is 3.50. The third-order valence-electron chi connectivity index (χ3n) is 2.39. The van der Waals surface area contributed by atoms with Gasteiger partial charge in [0.05, 0.1) is 5.56 Å². The Morgan fingerprint density at radius 3 is 2.93 bits per heavy atom. The first-order valence-electron chi connectivity index (χ1n) is 4.74. The van der Waals surface area contributed by atoms with Crippen LogP contribution in [-0.4, -0.2) is 28.2 Å². The van der Waals surface area contributed by atoms with Gasteiger partial charge in [0, 0.05) is 26.1 Å². The molecule has 0 saturated carbocycles. The van der Waals surface area contributed by atoms with E-state index in [1.54, 1.807) is 6.92 Å². The van der Waals surface area contributed by atoms with Gasteiger partial charge >= 0.3 is 0 Å². The molecule has 0 spiro atoms. The van der Waals surface area contributed by atoms with E-state index < -0.39 is 0 Å². The lowest BCUT2D eigenvalue weighted by Gasteiger charge is -2.26.